The van der Waals surface area contributed by atoms with Crippen molar-refractivity contribution in [3.05, 3.63) is 23.3 Å². The second-order valence-corrected chi connectivity index (χ2v) is 3.35. The van der Waals surface area contributed by atoms with Crippen LogP contribution in [0, 0.1) is 0 Å². The first kappa shape index (κ1) is 13.5. The van der Waals surface area contributed by atoms with Gasteiger partial charge in [-0.25, -0.2) is 17.6 Å². The molecule has 1 rings (SSSR count). The Balaban J connectivity index is 3.30. The second kappa shape index (κ2) is 5.20. The molecule has 1 aromatic carbocycles. The zero-order valence-electron chi connectivity index (χ0n) is 8.81. The predicted molar refractivity (Wildman–Crippen MR) is 56.0 cm³/mol. The molecule has 0 heterocycles. The van der Waals surface area contributed by atoms with Gasteiger partial charge in [0.05, 0.1) is 0 Å². The standard InChI is InChI=1S/C10H8BF4NO/c1-4(17)16-8-3-7(11)5(9(12)13)2-6(8)10(14)15/h2-3,9-10H,1H3,(H,16,17). The monoisotopic (exact) mass is 245 g/mol. The molecule has 0 bridgehead atoms. The van der Waals surface area contributed by atoms with Crippen molar-refractivity contribution in [1.82, 2.24) is 0 Å². The molecule has 0 aromatic heterocycles. The molecular weight excluding hydrogens is 237 g/mol. The summed E-state index contributed by atoms with van der Waals surface area (Å²) in [5.74, 6) is -0.587. The third kappa shape index (κ3) is 3.21. The Bertz CT molecular complexity index is 437. The summed E-state index contributed by atoms with van der Waals surface area (Å²) >= 11 is 0. The molecule has 0 saturated carbocycles. The lowest BCUT2D eigenvalue weighted by Gasteiger charge is -2.14. The molecule has 2 nitrogen and oxygen atoms in total. The molecule has 7 heteroatoms. The normalized spacial score (nSPS) is 11.0. The van der Waals surface area contributed by atoms with Crippen LogP contribution in [-0.2, 0) is 4.79 Å². The molecule has 0 fully saturated rings. The number of anilines is 1. The summed E-state index contributed by atoms with van der Waals surface area (Å²) in [5.41, 5.74) is -1.94. The van der Waals surface area contributed by atoms with Crippen molar-refractivity contribution in [2.45, 2.75) is 19.8 Å². The summed E-state index contributed by atoms with van der Waals surface area (Å²) in [6, 6.07) is 1.51. The maximum absolute atomic E-state index is 12.6. The van der Waals surface area contributed by atoms with Crippen LogP contribution in [0.25, 0.3) is 0 Å². The lowest BCUT2D eigenvalue weighted by molar-refractivity contribution is -0.114. The van der Waals surface area contributed by atoms with Crippen molar-refractivity contribution in [3.8, 4) is 0 Å². The summed E-state index contributed by atoms with van der Waals surface area (Å²) in [7, 11) is 5.29. The molecule has 0 aliphatic carbocycles. The first-order valence-corrected chi connectivity index (χ1v) is 4.60. The zero-order chi connectivity index (χ0) is 13.2. The molecule has 0 aliphatic heterocycles. The highest BCUT2D eigenvalue weighted by Gasteiger charge is 2.19. The molecule has 1 aromatic rings. The topological polar surface area (TPSA) is 29.1 Å². The minimum Gasteiger partial charge on any atom is -0.326 e. The number of carbonyl (C=O) groups is 1. The van der Waals surface area contributed by atoms with Crippen LogP contribution >= 0.6 is 0 Å². The average Bonchev–Trinajstić information content (AvgIpc) is 2.15. The Kier molecular flexibility index (Phi) is 4.14. The highest BCUT2D eigenvalue weighted by Crippen LogP contribution is 2.30. The van der Waals surface area contributed by atoms with Crippen molar-refractivity contribution in [2.75, 3.05) is 5.32 Å². The van der Waals surface area contributed by atoms with Crippen molar-refractivity contribution < 1.29 is 22.4 Å². The summed E-state index contributed by atoms with van der Waals surface area (Å²) in [4.78, 5) is 10.8. The minimum absolute atomic E-state index is 0.255. The number of carbonyl (C=O) groups excluding carboxylic acids is 1. The molecule has 0 unspecified atom stereocenters. The van der Waals surface area contributed by atoms with E-state index in [-0.39, 0.29) is 11.2 Å². The van der Waals surface area contributed by atoms with Crippen LogP contribution in [0.15, 0.2) is 12.1 Å². The van der Waals surface area contributed by atoms with E-state index in [4.69, 9.17) is 7.85 Å². The van der Waals surface area contributed by atoms with Crippen LogP contribution in [0.4, 0.5) is 23.2 Å². The molecule has 90 valence electrons. The number of rotatable bonds is 3. The zero-order valence-corrected chi connectivity index (χ0v) is 8.81. The summed E-state index contributed by atoms with van der Waals surface area (Å²) in [6.45, 7) is 1.12. The van der Waals surface area contributed by atoms with Gasteiger partial charge in [-0.1, -0.05) is 5.46 Å². The van der Waals surface area contributed by atoms with Crippen LogP contribution in [0.1, 0.15) is 30.9 Å². The Morgan fingerprint density at radius 1 is 1.18 bits per heavy atom. The third-order valence-electron chi connectivity index (χ3n) is 2.04. The lowest BCUT2D eigenvalue weighted by Crippen LogP contribution is -2.16. The number of nitrogens with one attached hydrogen (secondary N) is 1. The van der Waals surface area contributed by atoms with Crippen LogP contribution < -0.4 is 10.8 Å². The van der Waals surface area contributed by atoms with Gasteiger partial charge in [0, 0.05) is 23.7 Å². The van der Waals surface area contributed by atoms with Gasteiger partial charge in [0.2, 0.25) is 5.91 Å². The van der Waals surface area contributed by atoms with E-state index in [1.165, 1.54) is 0 Å². The molecule has 0 atom stereocenters. The van der Waals surface area contributed by atoms with Crippen molar-refractivity contribution in [3.63, 3.8) is 0 Å². The molecule has 2 radical (unpaired) electrons. The maximum Gasteiger partial charge on any atom is 0.265 e. The smallest absolute Gasteiger partial charge is 0.265 e. The van der Waals surface area contributed by atoms with E-state index in [9.17, 15) is 22.4 Å². The summed E-state index contributed by atoms with van der Waals surface area (Å²) in [6.07, 6.45) is -5.92. The number of halogens is 4. The molecule has 1 N–H and O–H groups in total. The van der Waals surface area contributed by atoms with Crippen molar-refractivity contribution >= 4 is 24.9 Å². The van der Waals surface area contributed by atoms with Gasteiger partial charge < -0.3 is 5.32 Å². The molecule has 0 spiro atoms. The quantitative estimate of drug-likeness (QED) is 0.642. The van der Waals surface area contributed by atoms with Gasteiger partial charge in [-0.05, 0) is 12.1 Å². The first-order chi connectivity index (χ1) is 7.82. The van der Waals surface area contributed by atoms with Crippen LogP contribution in [0.2, 0.25) is 0 Å². The van der Waals surface area contributed by atoms with Gasteiger partial charge in [0.1, 0.15) is 7.85 Å². The number of benzene rings is 1. The van der Waals surface area contributed by atoms with E-state index in [1.54, 1.807) is 0 Å². The van der Waals surface area contributed by atoms with E-state index in [0.717, 1.165) is 13.0 Å². The number of alkyl halides is 4. The fraction of sp³-hybridized carbons (Fsp3) is 0.300. The van der Waals surface area contributed by atoms with Crippen molar-refractivity contribution in [2.24, 2.45) is 0 Å². The van der Waals surface area contributed by atoms with E-state index in [1.807, 2.05) is 0 Å². The lowest BCUT2D eigenvalue weighted by atomic mass is 9.88. The highest BCUT2D eigenvalue weighted by molar-refractivity contribution is 6.33. The summed E-state index contributed by atoms with van der Waals surface area (Å²) < 4.78 is 50.1. The van der Waals surface area contributed by atoms with Gasteiger partial charge in [-0.2, -0.15) is 0 Å². The largest absolute Gasteiger partial charge is 0.326 e. The first-order valence-electron chi connectivity index (χ1n) is 4.60. The van der Waals surface area contributed by atoms with Crippen molar-refractivity contribution in [1.29, 1.82) is 0 Å². The molecule has 0 aliphatic rings. The molecular formula is C10H8BF4NO. The van der Waals surface area contributed by atoms with E-state index in [2.05, 4.69) is 5.32 Å². The van der Waals surface area contributed by atoms with Crippen LogP contribution in [0.3, 0.4) is 0 Å². The maximum atomic E-state index is 12.6. The van der Waals surface area contributed by atoms with Gasteiger partial charge in [-0.3, -0.25) is 4.79 Å². The highest BCUT2D eigenvalue weighted by atomic mass is 19.3. The number of amides is 1. The van der Waals surface area contributed by atoms with E-state index in [0.29, 0.717) is 6.07 Å². The molecule has 1 amide bonds. The van der Waals surface area contributed by atoms with E-state index < -0.39 is 29.9 Å². The molecule has 0 saturated heterocycles. The summed E-state index contributed by atoms with van der Waals surface area (Å²) in [5, 5.41) is 2.12. The van der Waals surface area contributed by atoms with Crippen LogP contribution in [-0.4, -0.2) is 13.8 Å². The number of hydrogen-bond acceptors (Lipinski definition) is 1. The Hall–Kier alpha value is -1.53. The van der Waals surface area contributed by atoms with E-state index >= 15 is 0 Å². The fourth-order valence-electron chi connectivity index (χ4n) is 1.32. The average molecular weight is 245 g/mol. The predicted octanol–water partition coefficient (Wildman–Crippen LogP) is 2.31. The Morgan fingerprint density at radius 2 is 1.71 bits per heavy atom. The Labute approximate surface area is 96.4 Å². The number of hydrogen-bond donors (Lipinski definition) is 1. The SMILES string of the molecule is [B]c1cc(NC(C)=O)c(C(F)F)cc1C(F)F. The molecule has 17 heavy (non-hydrogen) atoms. The fourth-order valence-corrected chi connectivity index (χ4v) is 1.32. The second-order valence-electron chi connectivity index (χ2n) is 3.35. The van der Waals surface area contributed by atoms with Gasteiger partial charge in [0.15, 0.2) is 0 Å². The third-order valence-corrected chi connectivity index (χ3v) is 2.04. The van der Waals surface area contributed by atoms with Crippen LogP contribution in [0.5, 0.6) is 0 Å². The van der Waals surface area contributed by atoms with Gasteiger partial charge in [-0.15, -0.1) is 0 Å². The Morgan fingerprint density at radius 3 is 2.12 bits per heavy atom. The van der Waals surface area contributed by atoms with Gasteiger partial charge >= 0.3 is 0 Å². The minimum atomic E-state index is -2.98. The van der Waals surface area contributed by atoms with Gasteiger partial charge in [0.25, 0.3) is 12.9 Å².